The first kappa shape index (κ1) is 12.0. The molecule has 0 saturated heterocycles. The molecule has 0 amide bonds. The van der Waals surface area contributed by atoms with E-state index in [4.69, 9.17) is 10.5 Å². The molecule has 0 aromatic heterocycles. The highest BCUT2D eigenvalue weighted by Gasteiger charge is 2.45. The Kier molecular flexibility index (Phi) is 3.93. The van der Waals surface area contributed by atoms with Crippen molar-refractivity contribution in [3.8, 4) is 0 Å². The quantitative estimate of drug-likeness (QED) is 0.681. The summed E-state index contributed by atoms with van der Waals surface area (Å²) in [7, 11) is 0. The summed E-state index contributed by atoms with van der Waals surface area (Å²) in [5, 5.41) is 9.41. The Balaban J connectivity index is 2.58. The van der Waals surface area contributed by atoms with E-state index in [0.717, 1.165) is 6.42 Å². The summed E-state index contributed by atoms with van der Waals surface area (Å²) in [5.74, 6) is 0.610. The number of ether oxygens (including phenoxy) is 1. The molecule has 1 fully saturated rings. The number of rotatable bonds is 6. The van der Waals surface area contributed by atoms with Crippen molar-refractivity contribution in [2.45, 2.75) is 57.8 Å². The van der Waals surface area contributed by atoms with E-state index in [0.29, 0.717) is 12.5 Å². The van der Waals surface area contributed by atoms with E-state index >= 15 is 0 Å². The summed E-state index contributed by atoms with van der Waals surface area (Å²) in [6.45, 7) is 6.34. The highest BCUT2D eigenvalue weighted by Crippen LogP contribution is 2.44. The lowest BCUT2D eigenvalue weighted by Gasteiger charge is -2.35. The summed E-state index contributed by atoms with van der Waals surface area (Å²) >= 11 is 0. The SMILES string of the molecule is CCC(CN)(OC(C)C(C)O)C1CC1. The zero-order valence-electron chi connectivity index (χ0n) is 9.49. The first-order chi connectivity index (χ1) is 6.55. The van der Waals surface area contributed by atoms with E-state index in [1.165, 1.54) is 12.8 Å². The Morgan fingerprint density at radius 3 is 2.36 bits per heavy atom. The molecule has 84 valence electrons. The zero-order chi connectivity index (χ0) is 10.8. The van der Waals surface area contributed by atoms with Gasteiger partial charge >= 0.3 is 0 Å². The summed E-state index contributed by atoms with van der Waals surface area (Å²) in [4.78, 5) is 0. The zero-order valence-corrected chi connectivity index (χ0v) is 9.49. The van der Waals surface area contributed by atoms with Gasteiger partial charge in [-0.3, -0.25) is 0 Å². The molecule has 1 aliphatic carbocycles. The predicted octanol–water partition coefficient (Wildman–Crippen LogP) is 1.29. The molecule has 3 heteroatoms. The molecule has 0 spiro atoms. The summed E-state index contributed by atoms with van der Waals surface area (Å²) < 4.78 is 5.95. The van der Waals surface area contributed by atoms with E-state index in [1.807, 2.05) is 6.92 Å². The smallest absolute Gasteiger partial charge is 0.0834 e. The van der Waals surface area contributed by atoms with Crippen LogP contribution in [-0.2, 0) is 4.74 Å². The second-order valence-corrected chi connectivity index (χ2v) is 4.46. The molecule has 1 rings (SSSR count). The lowest BCUT2D eigenvalue weighted by atomic mass is 9.94. The van der Waals surface area contributed by atoms with Gasteiger partial charge in [-0.05, 0) is 39.0 Å². The minimum absolute atomic E-state index is 0.126. The van der Waals surface area contributed by atoms with E-state index < -0.39 is 6.10 Å². The van der Waals surface area contributed by atoms with Crippen molar-refractivity contribution in [1.82, 2.24) is 0 Å². The average molecular weight is 201 g/mol. The van der Waals surface area contributed by atoms with Crippen molar-refractivity contribution in [2.24, 2.45) is 11.7 Å². The Morgan fingerprint density at radius 2 is 2.07 bits per heavy atom. The fraction of sp³-hybridized carbons (Fsp3) is 1.00. The van der Waals surface area contributed by atoms with Crippen molar-refractivity contribution in [3.05, 3.63) is 0 Å². The van der Waals surface area contributed by atoms with Crippen LogP contribution >= 0.6 is 0 Å². The lowest BCUT2D eigenvalue weighted by Crippen LogP contribution is -2.46. The molecule has 0 aliphatic heterocycles. The van der Waals surface area contributed by atoms with Crippen LogP contribution in [0.2, 0.25) is 0 Å². The average Bonchev–Trinajstić information content (AvgIpc) is 2.97. The van der Waals surface area contributed by atoms with Crippen LogP contribution in [0.5, 0.6) is 0 Å². The van der Waals surface area contributed by atoms with Gasteiger partial charge in [-0.25, -0.2) is 0 Å². The molecular weight excluding hydrogens is 178 g/mol. The monoisotopic (exact) mass is 201 g/mol. The first-order valence-electron chi connectivity index (χ1n) is 5.61. The normalized spacial score (nSPS) is 25.5. The van der Waals surface area contributed by atoms with Crippen molar-refractivity contribution in [3.63, 3.8) is 0 Å². The number of aliphatic hydroxyl groups is 1. The van der Waals surface area contributed by atoms with Crippen LogP contribution in [-0.4, -0.2) is 29.5 Å². The molecule has 0 heterocycles. The number of hydrogen-bond acceptors (Lipinski definition) is 3. The molecule has 1 saturated carbocycles. The fourth-order valence-electron chi connectivity index (χ4n) is 1.91. The van der Waals surface area contributed by atoms with E-state index in [9.17, 15) is 5.11 Å². The minimum atomic E-state index is -0.425. The van der Waals surface area contributed by atoms with Gasteiger partial charge in [0.15, 0.2) is 0 Å². The summed E-state index contributed by atoms with van der Waals surface area (Å²) in [6.07, 6.45) is 2.82. The molecular formula is C11H23NO2. The Hall–Kier alpha value is -0.120. The minimum Gasteiger partial charge on any atom is -0.391 e. The number of nitrogens with two attached hydrogens (primary N) is 1. The molecule has 3 N–H and O–H groups in total. The van der Waals surface area contributed by atoms with Crippen LogP contribution in [0.4, 0.5) is 0 Å². The van der Waals surface area contributed by atoms with Gasteiger partial charge < -0.3 is 15.6 Å². The van der Waals surface area contributed by atoms with Crippen LogP contribution in [0.25, 0.3) is 0 Å². The van der Waals surface area contributed by atoms with Gasteiger partial charge in [0.2, 0.25) is 0 Å². The lowest BCUT2D eigenvalue weighted by molar-refractivity contribution is -0.131. The first-order valence-corrected chi connectivity index (χ1v) is 5.61. The Bertz CT molecular complexity index is 174. The summed E-state index contributed by atoms with van der Waals surface area (Å²) in [6, 6.07) is 0. The molecule has 0 aromatic rings. The molecule has 3 nitrogen and oxygen atoms in total. The van der Waals surface area contributed by atoms with E-state index in [1.54, 1.807) is 6.92 Å². The van der Waals surface area contributed by atoms with Crippen molar-refractivity contribution in [2.75, 3.05) is 6.54 Å². The second kappa shape index (κ2) is 4.60. The van der Waals surface area contributed by atoms with Crippen LogP contribution in [0.1, 0.15) is 40.0 Å². The van der Waals surface area contributed by atoms with Gasteiger partial charge in [0.25, 0.3) is 0 Å². The van der Waals surface area contributed by atoms with E-state index in [-0.39, 0.29) is 11.7 Å². The van der Waals surface area contributed by atoms with Crippen LogP contribution < -0.4 is 5.73 Å². The van der Waals surface area contributed by atoms with Gasteiger partial charge in [0.05, 0.1) is 17.8 Å². The third kappa shape index (κ3) is 2.47. The third-order valence-corrected chi connectivity index (χ3v) is 3.37. The fourth-order valence-corrected chi connectivity index (χ4v) is 1.91. The number of aliphatic hydroxyl groups excluding tert-OH is 1. The van der Waals surface area contributed by atoms with Gasteiger partial charge in [0.1, 0.15) is 0 Å². The molecule has 3 atom stereocenters. The highest BCUT2D eigenvalue weighted by molar-refractivity contribution is 4.97. The van der Waals surface area contributed by atoms with Crippen molar-refractivity contribution >= 4 is 0 Å². The van der Waals surface area contributed by atoms with Gasteiger partial charge in [-0.2, -0.15) is 0 Å². The largest absolute Gasteiger partial charge is 0.391 e. The van der Waals surface area contributed by atoms with E-state index in [2.05, 4.69) is 6.92 Å². The van der Waals surface area contributed by atoms with Crippen LogP contribution in [0.3, 0.4) is 0 Å². The maximum Gasteiger partial charge on any atom is 0.0834 e. The molecule has 0 bridgehead atoms. The Morgan fingerprint density at radius 1 is 1.50 bits per heavy atom. The molecule has 1 aliphatic rings. The maximum atomic E-state index is 9.41. The maximum absolute atomic E-state index is 9.41. The molecule has 14 heavy (non-hydrogen) atoms. The van der Waals surface area contributed by atoms with Crippen molar-refractivity contribution < 1.29 is 9.84 Å². The topological polar surface area (TPSA) is 55.5 Å². The van der Waals surface area contributed by atoms with Crippen molar-refractivity contribution in [1.29, 1.82) is 0 Å². The number of hydrogen-bond donors (Lipinski definition) is 2. The predicted molar refractivity (Wildman–Crippen MR) is 57.0 cm³/mol. The van der Waals surface area contributed by atoms with Gasteiger partial charge in [-0.15, -0.1) is 0 Å². The van der Waals surface area contributed by atoms with Crippen LogP contribution in [0.15, 0.2) is 0 Å². The van der Waals surface area contributed by atoms with Gasteiger partial charge in [-0.1, -0.05) is 6.92 Å². The molecule has 3 unspecified atom stereocenters. The molecule has 0 aromatic carbocycles. The standard InChI is InChI=1S/C11H23NO2/c1-4-11(7-12,10-5-6-10)14-9(3)8(2)13/h8-10,13H,4-7,12H2,1-3H3. The van der Waals surface area contributed by atoms with Gasteiger partial charge in [0, 0.05) is 6.54 Å². The molecule has 0 radical (unpaired) electrons. The van der Waals surface area contributed by atoms with Crippen LogP contribution in [0, 0.1) is 5.92 Å². The third-order valence-electron chi connectivity index (χ3n) is 3.37. The second-order valence-electron chi connectivity index (χ2n) is 4.46. The summed E-state index contributed by atoms with van der Waals surface area (Å²) in [5.41, 5.74) is 5.62. The Labute approximate surface area is 86.6 Å². The highest BCUT2D eigenvalue weighted by atomic mass is 16.5.